The van der Waals surface area contributed by atoms with Crippen LogP contribution in [0.25, 0.3) is 0 Å². The summed E-state index contributed by atoms with van der Waals surface area (Å²) in [4.78, 5) is 4.52. The molecule has 0 amide bonds. The first-order valence-corrected chi connectivity index (χ1v) is 6.65. The molecule has 1 aliphatic rings. The van der Waals surface area contributed by atoms with Gasteiger partial charge in [0.15, 0.2) is 5.82 Å². The summed E-state index contributed by atoms with van der Waals surface area (Å²) in [5, 5.41) is 7.89. The van der Waals surface area contributed by atoms with Gasteiger partial charge >= 0.3 is 0 Å². The molecule has 1 aromatic heterocycles. The monoisotopic (exact) mass is 226 g/mol. The highest BCUT2D eigenvalue weighted by atomic mass is 32.2. The number of thioether (sulfide) groups is 1. The number of aromatic nitrogens is 3. The zero-order valence-corrected chi connectivity index (χ0v) is 10.2. The summed E-state index contributed by atoms with van der Waals surface area (Å²) < 4.78 is 1.92. The fourth-order valence-electron chi connectivity index (χ4n) is 1.77. The van der Waals surface area contributed by atoms with E-state index in [1.807, 2.05) is 23.5 Å². The molecule has 2 rings (SSSR count). The van der Waals surface area contributed by atoms with Gasteiger partial charge in [0.1, 0.15) is 5.82 Å². The summed E-state index contributed by atoms with van der Waals surface area (Å²) in [6, 6.07) is 0.566. The van der Waals surface area contributed by atoms with Crippen molar-refractivity contribution in [3.63, 3.8) is 0 Å². The summed E-state index contributed by atoms with van der Waals surface area (Å²) in [7, 11) is 1.98. The molecule has 0 bridgehead atoms. The normalized spacial score (nSPS) is 21.9. The van der Waals surface area contributed by atoms with Crippen LogP contribution in [0.4, 0.5) is 0 Å². The van der Waals surface area contributed by atoms with Crippen molar-refractivity contribution in [1.82, 2.24) is 20.1 Å². The molecule has 1 aliphatic heterocycles. The third-order valence-corrected chi connectivity index (χ3v) is 3.77. The van der Waals surface area contributed by atoms with Gasteiger partial charge in [-0.05, 0) is 0 Å². The molecule has 1 unspecified atom stereocenters. The van der Waals surface area contributed by atoms with Crippen LogP contribution in [0.1, 0.15) is 18.6 Å². The number of hydrogen-bond donors (Lipinski definition) is 1. The maximum atomic E-state index is 4.52. The van der Waals surface area contributed by atoms with E-state index in [-0.39, 0.29) is 0 Å². The van der Waals surface area contributed by atoms with E-state index in [0.29, 0.717) is 6.04 Å². The maximum absolute atomic E-state index is 4.52. The van der Waals surface area contributed by atoms with Crippen LogP contribution in [0.5, 0.6) is 0 Å². The molecule has 2 heterocycles. The first-order chi connectivity index (χ1) is 7.29. The van der Waals surface area contributed by atoms with Crippen molar-refractivity contribution >= 4 is 11.8 Å². The van der Waals surface area contributed by atoms with Gasteiger partial charge in [0.25, 0.3) is 0 Å². The summed E-state index contributed by atoms with van der Waals surface area (Å²) >= 11 is 2.02. The third kappa shape index (κ3) is 2.72. The number of rotatable bonds is 3. The predicted molar refractivity (Wildman–Crippen MR) is 63.2 cm³/mol. The van der Waals surface area contributed by atoms with Crippen LogP contribution in [0, 0.1) is 0 Å². The zero-order valence-electron chi connectivity index (χ0n) is 9.36. The van der Waals surface area contributed by atoms with Gasteiger partial charge < -0.3 is 5.32 Å². The summed E-state index contributed by atoms with van der Waals surface area (Å²) in [6.45, 7) is 3.21. The van der Waals surface area contributed by atoms with E-state index in [1.165, 1.54) is 11.5 Å². The van der Waals surface area contributed by atoms with Crippen molar-refractivity contribution in [3.05, 3.63) is 11.6 Å². The fourth-order valence-corrected chi connectivity index (χ4v) is 2.72. The van der Waals surface area contributed by atoms with Gasteiger partial charge in [-0.15, -0.1) is 0 Å². The molecule has 1 aromatic rings. The second-order valence-electron chi connectivity index (χ2n) is 3.85. The van der Waals surface area contributed by atoms with Crippen LogP contribution in [-0.4, -0.2) is 38.9 Å². The molecular formula is C10H18N4S. The minimum atomic E-state index is 0.566. The maximum Gasteiger partial charge on any atom is 0.150 e. The Kier molecular flexibility index (Phi) is 3.64. The predicted octanol–water partition coefficient (Wildman–Crippen LogP) is 0.625. The molecular weight excluding hydrogens is 208 g/mol. The fraction of sp³-hybridized carbons (Fsp3) is 0.800. The van der Waals surface area contributed by atoms with Crippen molar-refractivity contribution in [1.29, 1.82) is 0 Å². The molecule has 4 nitrogen and oxygen atoms in total. The largest absolute Gasteiger partial charge is 0.312 e. The lowest BCUT2D eigenvalue weighted by atomic mass is 10.2. The Balaban J connectivity index is 1.99. The van der Waals surface area contributed by atoms with Crippen molar-refractivity contribution < 1.29 is 0 Å². The van der Waals surface area contributed by atoms with Crippen molar-refractivity contribution in [2.75, 3.05) is 18.1 Å². The number of aryl methyl sites for hydroxylation is 2. The van der Waals surface area contributed by atoms with Crippen LogP contribution in [-0.2, 0) is 19.9 Å². The number of hydrogen-bond acceptors (Lipinski definition) is 4. The SMILES string of the molecule is CCc1nc(CC2CSCCN2)n(C)n1. The van der Waals surface area contributed by atoms with Crippen molar-refractivity contribution in [2.45, 2.75) is 25.8 Å². The lowest BCUT2D eigenvalue weighted by molar-refractivity contribution is 0.534. The molecule has 84 valence electrons. The molecule has 0 spiro atoms. The minimum absolute atomic E-state index is 0.566. The van der Waals surface area contributed by atoms with Crippen LogP contribution in [0.3, 0.4) is 0 Å². The average Bonchev–Trinajstić information content (AvgIpc) is 2.61. The lowest BCUT2D eigenvalue weighted by Gasteiger charge is -2.22. The van der Waals surface area contributed by atoms with Crippen LogP contribution in [0.2, 0.25) is 0 Å². The Bertz CT molecular complexity index is 317. The van der Waals surface area contributed by atoms with Gasteiger partial charge in [-0.2, -0.15) is 16.9 Å². The Morgan fingerprint density at radius 1 is 1.60 bits per heavy atom. The molecule has 5 heteroatoms. The van der Waals surface area contributed by atoms with E-state index in [1.54, 1.807) is 0 Å². The molecule has 1 saturated heterocycles. The van der Waals surface area contributed by atoms with Gasteiger partial charge in [-0.25, -0.2) is 4.98 Å². The summed E-state index contributed by atoms with van der Waals surface area (Å²) in [5.74, 6) is 4.48. The highest BCUT2D eigenvalue weighted by molar-refractivity contribution is 7.99. The first kappa shape index (κ1) is 11.0. The van der Waals surface area contributed by atoms with E-state index in [9.17, 15) is 0 Å². The van der Waals surface area contributed by atoms with Gasteiger partial charge in [0, 0.05) is 44.0 Å². The number of nitrogens with zero attached hydrogens (tertiary/aromatic N) is 3. The van der Waals surface area contributed by atoms with Gasteiger partial charge in [0.05, 0.1) is 0 Å². The lowest BCUT2D eigenvalue weighted by Crippen LogP contribution is -2.39. The van der Waals surface area contributed by atoms with Gasteiger partial charge in [-0.3, -0.25) is 4.68 Å². The molecule has 1 fully saturated rings. The zero-order chi connectivity index (χ0) is 10.7. The second kappa shape index (κ2) is 4.99. The molecule has 0 radical (unpaired) electrons. The average molecular weight is 226 g/mol. The van der Waals surface area contributed by atoms with Gasteiger partial charge in [0.2, 0.25) is 0 Å². The Morgan fingerprint density at radius 2 is 2.47 bits per heavy atom. The van der Waals surface area contributed by atoms with Crippen molar-refractivity contribution in [2.24, 2.45) is 7.05 Å². The van der Waals surface area contributed by atoms with Crippen LogP contribution in [0.15, 0.2) is 0 Å². The van der Waals surface area contributed by atoms with E-state index in [4.69, 9.17) is 0 Å². The Hall–Kier alpha value is -0.550. The minimum Gasteiger partial charge on any atom is -0.312 e. The van der Waals surface area contributed by atoms with E-state index >= 15 is 0 Å². The van der Waals surface area contributed by atoms with Gasteiger partial charge in [-0.1, -0.05) is 6.92 Å². The second-order valence-corrected chi connectivity index (χ2v) is 5.00. The van der Waals surface area contributed by atoms with Crippen molar-refractivity contribution in [3.8, 4) is 0 Å². The summed E-state index contributed by atoms with van der Waals surface area (Å²) in [5.41, 5.74) is 0. The van der Waals surface area contributed by atoms with E-state index < -0.39 is 0 Å². The molecule has 1 N–H and O–H groups in total. The molecule has 0 aliphatic carbocycles. The molecule has 1 atom stereocenters. The molecule has 0 saturated carbocycles. The Morgan fingerprint density at radius 3 is 3.07 bits per heavy atom. The van der Waals surface area contributed by atoms with Crippen LogP contribution >= 0.6 is 11.8 Å². The highest BCUT2D eigenvalue weighted by Crippen LogP contribution is 2.11. The molecule has 0 aromatic carbocycles. The van der Waals surface area contributed by atoms with Crippen LogP contribution < -0.4 is 5.32 Å². The number of nitrogens with one attached hydrogen (secondary N) is 1. The van der Waals surface area contributed by atoms with E-state index in [2.05, 4.69) is 22.3 Å². The highest BCUT2D eigenvalue weighted by Gasteiger charge is 2.16. The standard InChI is InChI=1S/C10H18N4S/c1-3-9-12-10(14(2)13-9)6-8-7-15-5-4-11-8/h8,11H,3-7H2,1-2H3. The van der Waals surface area contributed by atoms with E-state index in [0.717, 1.165) is 31.0 Å². The summed E-state index contributed by atoms with van der Waals surface area (Å²) in [6.07, 6.45) is 1.91. The topological polar surface area (TPSA) is 42.7 Å². The quantitative estimate of drug-likeness (QED) is 0.821. The third-order valence-electron chi connectivity index (χ3n) is 2.64. The smallest absolute Gasteiger partial charge is 0.150 e. The molecule has 15 heavy (non-hydrogen) atoms. The first-order valence-electron chi connectivity index (χ1n) is 5.49. The Labute approximate surface area is 94.8 Å².